The molecular weight excluding hydrogens is 449 g/mol. The molecule has 0 aliphatic rings. The normalized spacial score (nSPS) is 10.0. The van der Waals surface area contributed by atoms with Crippen LogP contribution in [-0.4, -0.2) is 35.9 Å². The first kappa shape index (κ1) is 19.3. The van der Waals surface area contributed by atoms with Crippen molar-refractivity contribution in [1.29, 1.82) is 0 Å². The molecule has 2 rings (SSSR count). The van der Waals surface area contributed by atoms with Gasteiger partial charge in [0.05, 0.1) is 12.0 Å². The summed E-state index contributed by atoms with van der Waals surface area (Å²) in [6.45, 7) is 0. The maximum absolute atomic E-state index is 12.2. The highest BCUT2D eigenvalue weighted by atomic mass is 127. The van der Waals surface area contributed by atoms with E-state index >= 15 is 0 Å². The van der Waals surface area contributed by atoms with Crippen molar-refractivity contribution in [2.45, 2.75) is 6.42 Å². The van der Waals surface area contributed by atoms with Crippen LogP contribution in [0.5, 0.6) is 0 Å². The molecule has 2 amide bonds. The number of nitrogens with one attached hydrogen (secondary N) is 2. The largest absolute Gasteiger partial charge is 0.349 e. The van der Waals surface area contributed by atoms with Crippen LogP contribution in [-0.2, 0) is 11.2 Å². The molecule has 0 bridgehead atoms. The molecule has 25 heavy (non-hydrogen) atoms. The number of halogens is 1. The zero-order valence-corrected chi connectivity index (χ0v) is 16.8. The molecule has 0 unspecified atom stereocenters. The Morgan fingerprint density at radius 3 is 2.32 bits per heavy atom. The molecule has 7 heteroatoms. The van der Waals surface area contributed by atoms with Gasteiger partial charge in [0.2, 0.25) is 5.91 Å². The third-order valence-corrected chi connectivity index (χ3v) is 4.56. The first-order chi connectivity index (χ1) is 11.9. The molecule has 0 heterocycles. The molecule has 2 N–H and O–H groups in total. The van der Waals surface area contributed by atoms with Crippen LogP contribution in [0.15, 0.2) is 48.5 Å². The van der Waals surface area contributed by atoms with Gasteiger partial charge in [0, 0.05) is 23.4 Å². The van der Waals surface area contributed by atoms with Gasteiger partial charge in [0.1, 0.15) is 0 Å². The maximum Gasteiger partial charge on any atom is 0.258 e. The zero-order chi connectivity index (χ0) is 18.4. The van der Waals surface area contributed by atoms with Crippen molar-refractivity contribution >= 4 is 57.4 Å². The van der Waals surface area contributed by atoms with Crippen molar-refractivity contribution in [3.8, 4) is 0 Å². The Morgan fingerprint density at radius 1 is 1.08 bits per heavy atom. The summed E-state index contributed by atoms with van der Waals surface area (Å²) in [5, 5.41) is 5.85. The van der Waals surface area contributed by atoms with Crippen molar-refractivity contribution in [3.05, 3.63) is 63.2 Å². The number of likely N-dealkylation sites (N-methyl/N-ethyl adjacent to an activating group) is 1. The third kappa shape index (κ3) is 5.79. The molecule has 0 spiro atoms. The summed E-state index contributed by atoms with van der Waals surface area (Å²) in [5.41, 5.74) is 2.23. The van der Waals surface area contributed by atoms with E-state index in [2.05, 4.69) is 33.2 Å². The number of carbonyl (C=O) groups is 2. The second-order valence-electron chi connectivity index (χ2n) is 5.55. The van der Waals surface area contributed by atoms with Gasteiger partial charge in [0.15, 0.2) is 5.11 Å². The lowest BCUT2D eigenvalue weighted by Gasteiger charge is -2.12. The maximum atomic E-state index is 12.2. The predicted octanol–water partition coefficient (Wildman–Crippen LogP) is 3.05. The Balaban J connectivity index is 1.93. The van der Waals surface area contributed by atoms with Gasteiger partial charge >= 0.3 is 0 Å². The Labute approximate surface area is 165 Å². The Bertz CT molecular complexity index is 791. The lowest BCUT2D eigenvalue weighted by Crippen LogP contribution is -2.34. The SMILES string of the molecule is CN(C)C(=O)Cc1ccc(NC(=S)NC(=O)c2ccccc2I)cc1. The van der Waals surface area contributed by atoms with E-state index in [0.717, 1.165) is 14.8 Å². The highest BCUT2D eigenvalue weighted by Gasteiger charge is 2.11. The fourth-order valence-corrected chi connectivity index (χ4v) is 2.86. The number of hydrogen-bond acceptors (Lipinski definition) is 3. The van der Waals surface area contributed by atoms with Crippen LogP contribution in [0.1, 0.15) is 15.9 Å². The summed E-state index contributed by atoms with van der Waals surface area (Å²) in [4.78, 5) is 25.5. The average molecular weight is 467 g/mol. The van der Waals surface area contributed by atoms with E-state index in [9.17, 15) is 9.59 Å². The minimum absolute atomic E-state index is 0.0426. The predicted molar refractivity (Wildman–Crippen MR) is 112 cm³/mol. The molecule has 130 valence electrons. The molecule has 2 aromatic rings. The molecule has 0 atom stereocenters. The number of rotatable bonds is 4. The number of nitrogens with zero attached hydrogens (tertiary/aromatic N) is 1. The molecule has 0 saturated carbocycles. The van der Waals surface area contributed by atoms with Gasteiger partial charge in [-0.25, -0.2) is 0 Å². The van der Waals surface area contributed by atoms with E-state index in [1.54, 1.807) is 31.1 Å². The monoisotopic (exact) mass is 467 g/mol. The molecule has 2 aromatic carbocycles. The van der Waals surface area contributed by atoms with Crippen molar-refractivity contribution in [2.24, 2.45) is 0 Å². The van der Waals surface area contributed by atoms with Crippen LogP contribution in [0.3, 0.4) is 0 Å². The minimum Gasteiger partial charge on any atom is -0.349 e. The van der Waals surface area contributed by atoms with E-state index < -0.39 is 0 Å². The number of amides is 2. The average Bonchev–Trinajstić information content (AvgIpc) is 2.56. The van der Waals surface area contributed by atoms with Gasteiger partial charge in [-0.15, -0.1) is 0 Å². The van der Waals surface area contributed by atoms with Crippen LogP contribution in [0.25, 0.3) is 0 Å². The van der Waals surface area contributed by atoms with Crippen LogP contribution in [0, 0.1) is 3.57 Å². The number of carbonyl (C=O) groups excluding carboxylic acids is 2. The minimum atomic E-state index is -0.254. The van der Waals surface area contributed by atoms with Gasteiger partial charge in [-0.1, -0.05) is 24.3 Å². The number of thiocarbonyl (C=S) groups is 1. The van der Waals surface area contributed by atoms with E-state index in [-0.39, 0.29) is 16.9 Å². The van der Waals surface area contributed by atoms with Gasteiger partial charge in [-0.2, -0.15) is 0 Å². The van der Waals surface area contributed by atoms with Crippen LogP contribution in [0.2, 0.25) is 0 Å². The summed E-state index contributed by atoms with van der Waals surface area (Å²) >= 11 is 7.29. The summed E-state index contributed by atoms with van der Waals surface area (Å²) in [7, 11) is 3.46. The van der Waals surface area contributed by atoms with Crippen molar-refractivity contribution < 1.29 is 9.59 Å². The second-order valence-corrected chi connectivity index (χ2v) is 7.12. The van der Waals surface area contributed by atoms with Gasteiger partial charge < -0.3 is 10.2 Å². The third-order valence-electron chi connectivity index (χ3n) is 3.41. The van der Waals surface area contributed by atoms with Crippen LogP contribution < -0.4 is 10.6 Å². The summed E-state index contributed by atoms with van der Waals surface area (Å²) in [5.74, 6) is -0.211. The highest BCUT2D eigenvalue weighted by molar-refractivity contribution is 14.1. The lowest BCUT2D eigenvalue weighted by molar-refractivity contribution is -0.127. The fraction of sp³-hybridized carbons (Fsp3) is 0.167. The van der Waals surface area contributed by atoms with Crippen molar-refractivity contribution in [3.63, 3.8) is 0 Å². The molecular formula is C18H18IN3O2S. The summed E-state index contributed by atoms with van der Waals surface area (Å²) in [6, 6.07) is 14.6. The van der Waals surface area contributed by atoms with Crippen LogP contribution in [0.4, 0.5) is 5.69 Å². The molecule has 0 aromatic heterocycles. The number of benzene rings is 2. The molecule has 0 aliphatic heterocycles. The fourth-order valence-electron chi connectivity index (χ4n) is 2.02. The van der Waals surface area contributed by atoms with Crippen molar-refractivity contribution in [2.75, 3.05) is 19.4 Å². The highest BCUT2D eigenvalue weighted by Crippen LogP contribution is 2.12. The second kappa shape index (κ2) is 8.91. The van der Waals surface area contributed by atoms with Crippen LogP contribution >= 0.6 is 34.8 Å². The molecule has 0 saturated heterocycles. The Morgan fingerprint density at radius 2 is 1.72 bits per heavy atom. The first-order valence-corrected chi connectivity index (χ1v) is 9.01. The lowest BCUT2D eigenvalue weighted by atomic mass is 10.1. The van der Waals surface area contributed by atoms with E-state index in [4.69, 9.17) is 12.2 Å². The summed E-state index contributed by atoms with van der Waals surface area (Å²) in [6.07, 6.45) is 0.348. The standard InChI is InChI=1S/C18H18IN3O2S/c1-22(2)16(23)11-12-7-9-13(10-8-12)20-18(25)21-17(24)14-5-3-4-6-15(14)19/h3-10H,11H2,1-2H3,(H2,20,21,24,25). The van der Waals surface area contributed by atoms with Gasteiger partial charge in [0.25, 0.3) is 5.91 Å². The van der Waals surface area contributed by atoms with E-state index in [1.807, 2.05) is 36.4 Å². The molecule has 5 nitrogen and oxygen atoms in total. The van der Waals surface area contributed by atoms with Gasteiger partial charge in [-0.05, 0) is 64.6 Å². The Hall–Kier alpha value is -2.00. The molecule has 0 fully saturated rings. The van der Waals surface area contributed by atoms with Crippen molar-refractivity contribution in [1.82, 2.24) is 10.2 Å². The first-order valence-electron chi connectivity index (χ1n) is 7.53. The quantitative estimate of drug-likeness (QED) is 0.536. The Kier molecular flexibility index (Phi) is 6.89. The number of hydrogen-bond donors (Lipinski definition) is 2. The number of anilines is 1. The molecule has 0 aliphatic carbocycles. The topological polar surface area (TPSA) is 61.4 Å². The molecule has 0 radical (unpaired) electrons. The zero-order valence-electron chi connectivity index (χ0n) is 13.9. The van der Waals surface area contributed by atoms with Gasteiger partial charge in [-0.3, -0.25) is 14.9 Å². The summed E-state index contributed by atoms with van der Waals surface area (Å²) < 4.78 is 0.857. The smallest absolute Gasteiger partial charge is 0.258 e. The van der Waals surface area contributed by atoms with E-state index in [1.165, 1.54) is 0 Å². The van der Waals surface area contributed by atoms with E-state index in [0.29, 0.717) is 12.0 Å².